The van der Waals surface area contributed by atoms with Crippen LogP contribution in [-0.2, 0) is 4.79 Å². The van der Waals surface area contributed by atoms with E-state index < -0.39 is 5.92 Å². The summed E-state index contributed by atoms with van der Waals surface area (Å²) in [4.78, 5) is 16.1. The maximum Gasteiger partial charge on any atom is 0.293 e. The number of hydrogen-bond donors (Lipinski definition) is 2. The maximum absolute atomic E-state index is 13.1. The van der Waals surface area contributed by atoms with Crippen molar-refractivity contribution in [2.24, 2.45) is 5.41 Å². The summed E-state index contributed by atoms with van der Waals surface area (Å²) in [5.41, 5.74) is 14.7. The van der Waals surface area contributed by atoms with Gasteiger partial charge in [0.05, 0.1) is 17.2 Å². The van der Waals surface area contributed by atoms with Gasteiger partial charge < -0.3 is 10.5 Å². The van der Waals surface area contributed by atoms with Crippen LogP contribution in [0.15, 0.2) is 41.7 Å². The second kappa shape index (κ2) is 5.85. The standard InChI is InChI=1S/C21H20N4O2/c1-21(2)8-13(26)16-14(9-21)27-20-17(15(16)11-6-4-3-5-7-11)18(23)12(10-22)19(24)25-20/h3-7,15H,8-9H2,1-2H3,(H4,23,24,25)/p+1/t15-/m0/s1. The molecule has 0 radical (unpaired) electrons. The van der Waals surface area contributed by atoms with E-state index in [0.29, 0.717) is 35.6 Å². The van der Waals surface area contributed by atoms with Crippen LogP contribution in [0.4, 0.5) is 11.5 Å². The molecule has 1 aliphatic carbocycles. The Hall–Kier alpha value is -3.33. The average molecular weight is 361 g/mol. The van der Waals surface area contributed by atoms with Gasteiger partial charge in [-0.3, -0.25) is 10.5 Å². The number of nitrogens with one attached hydrogen (secondary N) is 1. The predicted molar refractivity (Wildman–Crippen MR) is 100 cm³/mol. The molecular formula is C21H21N4O2+. The van der Waals surface area contributed by atoms with E-state index in [-0.39, 0.29) is 28.3 Å². The molecule has 0 amide bonds. The Bertz CT molecular complexity index is 1030. The van der Waals surface area contributed by atoms with Gasteiger partial charge in [0.25, 0.3) is 11.7 Å². The zero-order valence-electron chi connectivity index (χ0n) is 15.3. The van der Waals surface area contributed by atoms with Crippen LogP contribution in [0.5, 0.6) is 5.88 Å². The number of fused-ring (bicyclic) bond motifs is 1. The van der Waals surface area contributed by atoms with Gasteiger partial charge in [-0.05, 0) is 11.0 Å². The summed E-state index contributed by atoms with van der Waals surface area (Å²) in [6.45, 7) is 4.10. The van der Waals surface area contributed by atoms with Crippen molar-refractivity contribution in [2.75, 3.05) is 11.5 Å². The lowest BCUT2D eigenvalue weighted by molar-refractivity contribution is -0.377. The molecule has 0 saturated heterocycles. The summed E-state index contributed by atoms with van der Waals surface area (Å²) >= 11 is 0. The van der Waals surface area contributed by atoms with Crippen LogP contribution in [-0.4, -0.2) is 5.78 Å². The number of ketones is 1. The summed E-state index contributed by atoms with van der Waals surface area (Å²) in [5, 5.41) is 9.46. The molecular weight excluding hydrogens is 340 g/mol. The third kappa shape index (κ3) is 2.63. The average Bonchev–Trinajstić information content (AvgIpc) is 2.60. The highest BCUT2D eigenvalue weighted by molar-refractivity contribution is 6.00. The summed E-state index contributed by atoms with van der Waals surface area (Å²) in [6, 6.07) is 11.7. The maximum atomic E-state index is 13.1. The molecule has 136 valence electrons. The molecule has 27 heavy (non-hydrogen) atoms. The number of allylic oxidation sites excluding steroid dienone is 2. The minimum Gasteiger partial charge on any atom is -0.427 e. The van der Waals surface area contributed by atoms with Crippen molar-refractivity contribution in [3.63, 3.8) is 0 Å². The van der Waals surface area contributed by atoms with Gasteiger partial charge in [-0.1, -0.05) is 44.2 Å². The van der Waals surface area contributed by atoms with Crippen molar-refractivity contribution in [2.45, 2.75) is 32.6 Å². The smallest absolute Gasteiger partial charge is 0.293 e. The van der Waals surface area contributed by atoms with E-state index in [0.717, 1.165) is 5.56 Å². The summed E-state index contributed by atoms with van der Waals surface area (Å²) in [7, 11) is 0. The number of aromatic amines is 1. The van der Waals surface area contributed by atoms with Crippen LogP contribution in [0.25, 0.3) is 0 Å². The molecule has 2 heterocycles. The second-order valence-electron chi connectivity index (χ2n) is 7.91. The van der Waals surface area contributed by atoms with E-state index in [2.05, 4.69) is 18.8 Å². The van der Waals surface area contributed by atoms with Crippen LogP contribution in [0.2, 0.25) is 0 Å². The van der Waals surface area contributed by atoms with Gasteiger partial charge in [0, 0.05) is 18.4 Å². The van der Waals surface area contributed by atoms with E-state index in [1.54, 1.807) is 0 Å². The number of nitrogens with zero attached hydrogens (tertiary/aromatic N) is 1. The number of carbonyl (C=O) groups excluding carboxylic acids is 1. The SMILES string of the molecule is CC1(C)CC(=O)C2=C(C1)Oc1[nH+]c(N)c(C#N)c(N)c1[C@H]2c1ccccc1. The predicted octanol–water partition coefficient (Wildman–Crippen LogP) is 2.70. The Morgan fingerprint density at radius 2 is 1.93 bits per heavy atom. The summed E-state index contributed by atoms with van der Waals surface area (Å²) in [6.07, 6.45) is 1.09. The van der Waals surface area contributed by atoms with Crippen molar-refractivity contribution in [1.29, 1.82) is 5.26 Å². The third-order valence-corrected chi connectivity index (χ3v) is 5.25. The fourth-order valence-electron chi connectivity index (χ4n) is 4.08. The van der Waals surface area contributed by atoms with Crippen LogP contribution in [0.3, 0.4) is 0 Å². The Kier molecular flexibility index (Phi) is 3.70. The number of H-pyrrole nitrogens is 1. The fourth-order valence-corrected chi connectivity index (χ4v) is 4.08. The Balaban J connectivity index is 2.02. The van der Waals surface area contributed by atoms with E-state index in [1.165, 1.54) is 0 Å². The first-order valence-electron chi connectivity index (χ1n) is 8.85. The third-order valence-electron chi connectivity index (χ3n) is 5.25. The van der Waals surface area contributed by atoms with Gasteiger partial charge >= 0.3 is 0 Å². The zero-order valence-corrected chi connectivity index (χ0v) is 15.3. The number of benzene rings is 1. The highest BCUT2D eigenvalue weighted by atomic mass is 16.5. The number of nitriles is 1. The van der Waals surface area contributed by atoms with Crippen molar-refractivity contribution in [1.82, 2.24) is 0 Å². The number of rotatable bonds is 1. The van der Waals surface area contributed by atoms with Crippen molar-refractivity contribution in [3.05, 3.63) is 58.4 Å². The van der Waals surface area contributed by atoms with E-state index in [4.69, 9.17) is 16.2 Å². The quantitative estimate of drug-likeness (QED) is 0.810. The van der Waals surface area contributed by atoms with Gasteiger partial charge in [0.1, 0.15) is 11.8 Å². The van der Waals surface area contributed by atoms with Crippen LogP contribution in [0.1, 0.15) is 49.3 Å². The zero-order chi connectivity index (χ0) is 19.3. The van der Waals surface area contributed by atoms with Crippen LogP contribution < -0.4 is 21.2 Å². The molecule has 5 N–H and O–H groups in total. The minimum atomic E-state index is -0.391. The van der Waals surface area contributed by atoms with Gasteiger partial charge in [-0.2, -0.15) is 5.26 Å². The van der Waals surface area contributed by atoms with Crippen LogP contribution >= 0.6 is 0 Å². The second-order valence-corrected chi connectivity index (χ2v) is 7.91. The van der Waals surface area contributed by atoms with Gasteiger partial charge in [0.15, 0.2) is 11.3 Å². The molecule has 1 aliphatic heterocycles. The number of pyridine rings is 1. The lowest BCUT2D eigenvalue weighted by Crippen LogP contribution is -2.35. The number of anilines is 2. The van der Waals surface area contributed by atoms with Crippen molar-refractivity contribution in [3.8, 4) is 11.9 Å². The van der Waals surface area contributed by atoms with E-state index in [9.17, 15) is 10.1 Å². The van der Waals surface area contributed by atoms with E-state index in [1.807, 2.05) is 36.4 Å². The molecule has 1 aromatic heterocycles. The Labute approximate surface area is 157 Å². The molecule has 0 unspecified atom stereocenters. The number of carbonyl (C=O) groups is 1. The number of Topliss-reactive ketones (excluding diaryl/α,β-unsaturated/α-hetero) is 1. The molecule has 6 heteroatoms. The Morgan fingerprint density at radius 1 is 1.22 bits per heavy atom. The van der Waals surface area contributed by atoms with Gasteiger partial charge in [0.2, 0.25) is 0 Å². The molecule has 0 fully saturated rings. The normalized spacial score (nSPS) is 20.3. The first-order valence-corrected chi connectivity index (χ1v) is 8.85. The monoisotopic (exact) mass is 361 g/mol. The number of ether oxygens (including phenoxy) is 1. The summed E-state index contributed by atoms with van der Waals surface area (Å²) < 4.78 is 6.09. The van der Waals surface area contributed by atoms with E-state index >= 15 is 0 Å². The molecule has 0 spiro atoms. The number of nitrogens with two attached hydrogens (primary N) is 2. The van der Waals surface area contributed by atoms with Gasteiger partial charge in [-0.25, -0.2) is 4.98 Å². The largest absolute Gasteiger partial charge is 0.427 e. The highest BCUT2D eigenvalue weighted by Gasteiger charge is 2.44. The molecule has 2 aromatic rings. The molecule has 6 nitrogen and oxygen atoms in total. The first-order chi connectivity index (χ1) is 12.8. The molecule has 4 rings (SSSR count). The number of hydrogen-bond acceptors (Lipinski definition) is 5. The minimum absolute atomic E-state index is 0.0514. The molecule has 1 aromatic carbocycles. The fraction of sp³-hybridized carbons (Fsp3) is 0.286. The highest BCUT2D eigenvalue weighted by Crippen LogP contribution is 2.51. The Morgan fingerprint density at radius 3 is 2.59 bits per heavy atom. The molecule has 1 atom stereocenters. The lowest BCUT2D eigenvalue weighted by atomic mass is 9.70. The molecule has 0 bridgehead atoms. The number of aromatic nitrogens is 1. The van der Waals surface area contributed by atoms with Crippen molar-refractivity contribution >= 4 is 17.3 Å². The summed E-state index contributed by atoms with van der Waals surface area (Å²) in [5.74, 6) is 0.874. The van der Waals surface area contributed by atoms with Gasteiger partial charge in [-0.15, -0.1) is 0 Å². The van der Waals surface area contributed by atoms with Crippen LogP contribution in [0, 0.1) is 16.7 Å². The van der Waals surface area contributed by atoms with Crippen molar-refractivity contribution < 1.29 is 14.5 Å². The number of nitrogen functional groups attached to an aromatic ring is 2. The topological polar surface area (TPSA) is 116 Å². The first kappa shape index (κ1) is 17.1. The lowest BCUT2D eigenvalue weighted by Gasteiger charge is -2.37. The molecule has 0 saturated carbocycles. The molecule has 2 aliphatic rings.